The molecule has 0 heterocycles. The molecule has 0 saturated carbocycles. The fourth-order valence-corrected chi connectivity index (χ4v) is 3.21. The van der Waals surface area contributed by atoms with Crippen molar-refractivity contribution >= 4 is 40.2 Å². The van der Waals surface area contributed by atoms with Crippen molar-refractivity contribution in [1.29, 1.82) is 0 Å². The first-order valence-electron chi connectivity index (χ1n) is 6.77. The Bertz CT molecular complexity index is 619. The standard InChI is InChI=1S/C17H18BrNOS/c1-11-8-14(18)9-12(2)16(11)19-17(20)15(21)10-13-6-4-3-5-7-13/h3-9,15,21H,10H2,1-2H3,(H,19,20). The lowest BCUT2D eigenvalue weighted by molar-refractivity contribution is -0.115. The number of nitrogens with one attached hydrogen (secondary N) is 1. The minimum absolute atomic E-state index is 0.0734. The van der Waals surface area contributed by atoms with Gasteiger partial charge in [-0.25, -0.2) is 0 Å². The number of thiol groups is 1. The summed E-state index contributed by atoms with van der Waals surface area (Å²) in [7, 11) is 0. The van der Waals surface area contributed by atoms with Gasteiger partial charge < -0.3 is 5.32 Å². The Labute approximate surface area is 139 Å². The highest BCUT2D eigenvalue weighted by molar-refractivity contribution is 9.10. The summed E-state index contributed by atoms with van der Waals surface area (Å²) < 4.78 is 1.02. The smallest absolute Gasteiger partial charge is 0.237 e. The van der Waals surface area contributed by atoms with E-state index in [2.05, 4.69) is 33.9 Å². The molecule has 0 radical (unpaired) electrons. The lowest BCUT2D eigenvalue weighted by atomic mass is 10.1. The minimum atomic E-state index is -0.366. The van der Waals surface area contributed by atoms with Gasteiger partial charge in [0.2, 0.25) is 5.91 Å². The van der Waals surface area contributed by atoms with E-state index in [4.69, 9.17) is 0 Å². The Balaban J connectivity index is 2.08. The summed E-state index contributed by atoms with van der Waals surface area (Å²) in [6.45, 7) is 3.97. The van der Waals surface area contributed by atoms with Crippen LogP contribution in [0.4, 0.5) is 5.69 Å². The summed E-state index contributed by atoms with van der Waals surface area (Å²) >= 11 is 7.89. The molecule has 0 aliphatic heterocycles. The highest BCUT2D eigenvalue weighted by atomic mass is 79.9. The largest absolute Gasteiger partial charge is 0.325 e. The first-order valence-corrected chi connectivity index (χ1v) is 8.08. The van der Waals surface area contributed by atoms with Gasteiger partial charge in [-0.2, -0.15) is 12.6 Å². The zero-order valence-electron chi connectivity index (χ0n) is 12.1. The molecule has 1 unspecified atom stereocenters. The number of carbonyl (C=O) groups is 1. The van der Waals surface area contributed by atoms with Crippen molar-refractivity contribution in [2.24, 2.45) is 0 Å². The second-order valence-electron chi connectivity index (χ2n) is 5.11. The summed E-state index contributed by atoms with van der Waals surface area (Å²) in [4.78, 5) is 12.3. The molecular weight excluding hydrogens is 346 g/mol. The monoisotopic (exact) mass is 363 g/mol. The van der Waals surface area contributed by atoms with Crippen LogP contribution in [0, 0.1) is 13.8 Å². The van der Waals surface area contributed by atoms with E-state index in [0.29, 0.717) is 6.42 Å². The minimum Gasteiger partial charge on any atom is -0.325 e. The third kappa shape index (κ3) is 4.35. The molecule has 4 heteroatoms. The van der Waals surface area contributed by atoms with Gasteiger partial charge in [0.05, 0.1) is 5.25 Å². The predicted octanol–water partition coefficient (Wildman–Crippen LogP) is 4.55. The maximum atomic E-state index is 12.3. The number of halogens is 1. The van der Waals surface area contributed by atoms with Gasteiger partial charge in [0.1, 0.15) is 0 Å². The summed E-state index contributed by atoms with van der Waals surface area (Å²) in [6, 6.07) is 13.9. The van der Waals surface area contributed by atoms with Crippen molar-refractivity contribution in [2.75, 3.05) is 5.32 Å². The second kappa shape index (κ2) is 7.14. The Kier molecular flexibility index (Phi) is 5.48. The van der Waals surface area contributed by atoms with E-state index in [-0.39, 0.29) is 11.2 Å². The van der Waals surface area contributed by atoms with E-state index in [9.17, 15) is 4.79 Å². The molecule has 0 fully saturated rings. The van der Waals surface area contributed by atoms with Gasteiger partial charge in [0, 0.05) is 10.2 Å². The number of hydrogen-bond acceptors (Lipinski definition) is 2. The van der Waals surface area contributed by atoms with Crippen molar-refractivity contribution in [3.05, 3.63) is 63.6 Å². The molecule has 110 valence electrons. The molecule has 0 saturated heterocycles. The van der Waals surface area contributed by atoms with Gasteiger partial charge in [-0.05, 0) is 49.1 Å². The Morgan fingerprint density at radius 1 is 1.19 bits per heavy atom. The van der Waals surface area contributed by atoms with Gasteiger partial charge in [-0.15, -0.1) is 0 Å². The Hall–Kier alpha value is -1.26. The molecule has 0 aliphatic carbocycles. The number of anilines is 1. The van der Waals surface area contributed by atoms with Crippen LogP contribution in [0.15, 0.2) is 46.9 Å². The van der Waals surface area contributed by atoms with Crippen LogP contribution in [0.2, 0.25) is 0 Å². The second-order valence-corrected chi connectivity index (χ2v) is 6.65. The van der Waals surface area contributed by atoms with E-state index in [1.165, 1.54) is 0 Å². The van der Waals surface area contributed by atoms with Crippen LogP contribution in [0.3, 0.4) is 0 Å². The van der Waals surface area contributed by atoms with Crippen LogP contribution in [-0.4, -0.2) is 11.2 Å². The summed E-state index contributed by atoms with van der Waals surface area (Å²) in [5.74, 6) is -0.0734. The molecule has 1 N–H and O–H groups in total. The molecule has 2 aromatic carbocycles. The lowest BCUT2D eigenvalue weighted by Crippen LogP contribution is -2.26. The van der Waals surface area contributed by atoms with E-state index in [0.717, 1.165) is 26.9 Å². The highest BCUT2D eigenvalue weighted by Crippen LogP contribution is 2.25. The summed E-state index contributed by atoms with van der Waals surface area (Å²) in [5.41, 5.74) is 4.05. The number of benzene rings is 2. The quantitative estimate of drug-likeness (QED) is 0.766. The molecule has 2 rings (SSSR count). The maximum Gasteiger partial charge on any atom is 0.237 e. The van der Waals surface area contributed by atoms with E-state index in [1.807, 2.05) is 56.3 Å². The number of hydrogen-bond donors (Lipinski definition) is 2. The van der Waals surface area contributed by atoms with Gasteiger partial charge in [0.25, 0.3) is 0 Å². The maximum absolute atomic E-state index is 12.3. The van der Waals surface area contributed by atoms with Crippen LogP contribution in [0.5, 0.6) is 0 Å². The zero-order valence-corrected chi connectivity index (χ0v) is 14.5. The SMILES string of the molecule is Cc1cc(Br)cc(C)c1NC(=O)C(S)Cc1ccccc1. The van der Waals surface area contributed by atoms with Crippen LogP contribution >= 0.6 is 28.6 Å². The normalized spacial score (nSPS) is 12.0. The van der Waals surface area contributed by atoms with Crippen LogP contribution in [-0.2, 0) is 11.2 Å². The molecule has 0 spiro atoms. The molecule has 1 atom stereocenters. The predicted molar refractivity (Wildman–Crippen MR) is 95.2 cm³/mol. The van der Waals surface area contributed by atoms with Crippen molar-refractivity contribution in [1.82, 2.24) is 0 Å². The highest BCUT2D eigenvalue weighted by Gasteiger charge is 2.16. The molecule has 0 aliphatic rings. The van der Waals surface area contributed by atoms with Gasteiger partial charge >= 0.3 is 0 Å². The molecule has 0 aromatic heterocycles. The summed E-state index contributed by atoms with van der Waals surface area (Å²) in [6.07, 6.45) is 0.615. The number of aryl methyl sites for hydroxylation is 2. The van der Waals surface area contributed by atoms with Crippen LogP contribution < -0.4 is 5.32 Å². The molecule has 2 nitrogen and oxygen atoms in total. The average molecular weight is 364 g/mol. The van der Waals surface area contributed by atoms with Crippen molar-refractivity contribution in [2.45, 2.75) is 25.5 Å². The van der Waals surface area contributed by atoms with Crippen LogP contribution in [0.25, 0.3) is 0 Å². The fourth-order valence-electron chi connectivity index (χ4n) is 2.24. The topological polar surface area (TPSA) is 29.1 Å². The van der Waals surface area contributed by atoms with Gasteiger partial charge in [-0.3, -0.25) is 4.79 Å². The fraction of sp³-hybridized carbons (Fsp3) is 0.235. The average Bonchev–Trinajstić information content (AvgIpc) is 2.43. The lowest BCUT2D eigenvalue weighted by Gasteiger charge is -2.15. The van der Waals surface area contributed by atoms with E-state index >= 15 is 0 Å². The third-order valence-electron chi connectivity index (χ3n) is 3.32. The van der Waals surface area contributed by atoms with E-state index in [1.54, 1.807) is 0 Å². The number of carbonyl (C=O) groups excluding carboxylic acids is 1. The summed E-state index contributed by atoms with van der Waals surface area (Å²) in [5, 5.41) is 2.62. The zero-order chi connectivity index (χ0) is 15.4. The Morgan fingerprint density at radius 2 is 1.76 bits per heavy atom. The third-order valence-corrected chi connectivity index (χ3v) is 4.20. The van der Waals surface area contributed by atoms with Crippen molar-refractivity contribution < 1.29 is 4.79 Å². The van der Waals surface area contributed by atoms with Gasteiger partial charge in [-0.1, -0.05) is 46.3 Å². The molecule has 21 heavy (non-hydrogen) atoms. The number of amides is 1. The van der Waals surface area contributed by atoms with Crippen LogP contribution in [0.1, 0.15) is 16.7 Å². The van der Waals surface area contributed by atoms with E-state index < -0.39 is 0 Å². The first kappa shape index (κ1) is 16.1. The van der Waals surface area contributed by atoms with Crippen molar-refractivity contribution in [3.8, 4) is 0 Å². The first-order chi connectivity index (χ1) is 9.97. The molecule has 1 amide bonds. The van der Waals surface area contributed by atoms with Gasteiger partial charge in [0.15, 0.2) is 0 Å². The molecule has 0 bridgehead atoms. The molecule has 2 aromatic rings. The number of rotatable bonds is 4. The Morgan fingerprint density at radius 3 is 2.33 bits per heavy atom. The van der Waals surface area contributed by atoms with Crippen molar-refractivity contribution in [3.63, 3.8) is 0 Å². The molecular formula is C17H18BrNOS.